The van der Waals surface area contributed by atoms with Crippen LogP contribution in [0.15, 0.2) is 18.2 Å². The molecule has 134 valence electrons. The third-order valence-electron chi connectivity index (χ3n) is 3.25. The van der Waals surface area contributed by atoms with Crippen molar-refractivity contribution in [3.05, 3.63) is 23.8 Å². The lowest BCUT2D eigenvalue weighted by Crippen LogP contribution is -2.41. The molecule has 0 aliphatic heterocycles. The van der Waals surface area contributed by atoms with E-state index >= 15 is 0 Å². The first-order chi connectivity index (χ1) is 11.1. The molecule has 1 aromatic rings. The number of amides is 2. The van der Waals surface area contributed by atoms with Crippen LogP contribution in [0.5, 0.6) is 0 Å². The highest BCUT2D eigenvalue weighted by molar-refractivity contribution is 7.88. The molecule has 2 amide bonds. The highest BCUT2D eigenvalue weighted by Gasteiger charge is 2.18. The smallest absolute Gasteiger partial charge is 0.242 e. The quantitative estimate of drug-likeness (QED) is 0.663. The molecule has 3 N–H and O–H groups in total. The number of sulfonamides is 1. The molecule has 0 saturated carbocycles. The third kappa shape index (κ3) is 7.10. The van der Waals surface area contributed by atoms with Gasteiger partial charge >= 0.3 is 0 Å². The van der Waals surface area contributed by atoms with Gasteiger partial charge in [0.05, 0.1) is 23.7 Å². The van der Waals surface area contributed by atoms with Gasteiger partial charge in [0.15, 0.2) is 0 Å². The van der Waals surface area contributed by atoms with Crippen molar-refractivity contribution in [1.82, 2.24) is 4.72 Å². The van der Waals surface area contributed by atoms with Crippen LogP contribution >= 0.6 is 0 Å². The van der Waals surface area contributed by atoms with Gasteiger partial charge in [-0.2, -0.15) is 0 Å². The summed E-state index contributed by atoms with van der Waals surface area (Å²) in [6.45, 7) is 5.31. The van der Waals surface area contributed by atoms with Crippen LogP contribution in [0.2, 0.25) is 0 Å². The van der Waals surface area contributed by atoms with Crippen molar-refractivity contribution < 1.29 is 18.0 Å². The number of benzene rings is 1. The number of rotatable bonds is 8. The molecule has 0 spiro atoms. The van der Waals surface area contributed by atoms with E-state index in [0.717, 1.165) is 24.7 Å². The highest BCUT2D eigenvalue weighted by atomic mass is 32.2. The SMILES string of the molecule is CCCCC(=O)Nc1ccc(C)cc1NC(=O)[C@H](C)NS(C)(=O)=O. The second kappa shape index (κ2) is 8.79. The fraction of sp³-hybridized carbons (Fsp3) is 0.500. The minimum Gasteiger partial charge on any atom is -0.324 e. The summed E-state index contributed by atoms with van der Waals surface area (Å²) in [5, 5.41) is 5.43. The fourth-order valence-corrected chi connectivity index (χ4v) is 2.79. The number of aryl methyl sites for hydroxylation is 1. The van der Waals surface area contributed by atoms with Crippen molar-refractivity contribution >= 4 is 33.2 Å². The minimum atomic E-state index is -3.49. The van der Waals surface area contributed by atoms with E-state index in [1.165, 1.54) is 6.92 Å². The van der Waals surface area contributed by atoms with Crippen molar-refractivity contribution in [2.45, 2.75) is 46.1 Å². The maximum atomic E-state index is 12.2. The summed E-state index contributed by atoms with van der Waals surface area (Å²) in [7, 11) is -3.49. The molecule has 0 aromatic heterocycles. The van der Waals surface area contributed by atoms with Gasteiger partial charge in [-0.25, -0.2) is 13.1 Å². The van der Waals surface area contributed by atoms with Gasteiger partial charge in [0, 0.05) is 6.42 Å². The molecule has 0 aliphatic carbocycles. The second-order valence-electron chi connectivity index (χ2n) is 5.80. The van der Waals surface area contributed by atoms with Crippen LogP contribution in [0, 0.1) is 6.92 Å². The lowest BCUT2D eigenvalue weighted by Gasteiger charge is -2.16. The van der Waals surface area contributed by atoms with Crippen LogP contribution in [0.4, 0.5) is 11.4 Å². The lowest BCUT2D eigenvalue weighted by atomic mass is 10.1. The summed E-state index contributed by atoms with van der Waals surface area (Å²) in [5.74, 6) is -0.631. The maximum absolute atomic E-state index is 12.2. The van der Waals surface area contributed by atoms with Gasteiger partial charge < -0.3 is 10.6 Å². The highest BCUT2D eigenvalue weighted by Crippen LogP contribution is 2.23. The zero-order valence-electron chi connectivity index (χ0n) is 14.5. The van der Waals surface area contributed by atoms with Crippen molar-refractivity contribution in [3.63, 3.8) is 0 Å². The molecule has 24 heavy (non-hydrogen) atoms. The topological polar surface area (TPSA) is 104 Å². The van der Waals surface area contributed by atoms with Gasteiger partial charge in [-0.3, -0.25) is 9.59 Å². The number of hydrogen-bond donors (Lipinski definition) is 3. The zero-order valence-corrected chi connectivity index (χ0v) is 15.3. The molecule has 0 unspecified atom stereocenters. The average molecular weight is 355 g/mol. The summed E-state index contributed by atoms with van der Waals surface area (Å²) in [5.41, 5.74) is 1.83. The van der Waals surface area contributed by atoms with Crippen LogP contribution in [0.1, 0.15) is 38.7 Å². The molecule has 0 radical (unpaired) electrons. The number of unbranched alkanes of at least 4 members (excludes halogenated alkanes) is 1. The predicted molar refractivity (Wildman–Crippen MR) is 95.4 cm³/mol. The normalized spacial score (nSPS) is 12.5. The van der Waals surface area contributed by atoms with Crippen LogP contribution in [-0.4, -0.2) is 32.5 Å². The van der Waals surface area contributed by atoms with E-state index in [2.05, 4.69) is 15.4 Å². The molecule has 1 aromatic carbocycles. The average Bonchev–Trinajstić information content (AvgIpc) is 2.46. The summed E-state index contributed by atoms with van der Waals surface area (Å²) < 4.78 is 24.6. The first-order valence-electron chi connectivity index (χ1n) is 7.81. The summed E-state index contributed by atoms with van der Waals surface area (Å²) in [6, 6.07) is 4.33. The molecule has 1 atom stereocenters. The molecule has 0 saturated heterocycles. The molecule has 8 heteroatoms. The maximum Gasteiger partial charge on any atom is 0.242 e. The Kier molecular flexibility index (Phi) is 7.37. The van der Waals surface area contributed by atoms with Crippen molar-refractivity contribution in [2.24, 2.45) is 0 Å². The number of carbonyl (C=O) groups is 2. The van der Waals surface area contributed by atoms with E-state index in [0.29, 0.717) is 17.8 Å². The van der Waals surface area contributed by atoms with E-state index in [9.17, 15) is 18.0 Å². The fourth-order valence-electron chi connectivity index (χ4n) is 2.04. The number of anilines is 2. The van der Waals surface area contributed by atoms with Gasteiger partial charge in [0.25, 0.3) is 0 Å². The monoisotopic (exact) mass is 355 g/mol. The first-order valence-corrected chi connectivity index (χ1v) is 9.70. The van der Waals surface area contributed by atoms with Gasteiger partial charge in [-0.1, -0.05) is 19.4 Å². The Labute approximate surface area is 143 Å². The third-order valence-corrected chi connectivity index (χ3v) is 4.03. The van der Waals surface area contributed by atoms with E-state index in [1.807, 2.05) is 19.9 Å². The predicted octanol–water partition coefficient (Wildman–Crippen LogP) is 2.00. The number of carbonyl (C=O) groups excluding carboxylic acids is 2. The molecular formula is C16H25N3O4S. The summed E-state index contributed by atoms with van der Waals surface area (Å²) in [6.07, 6.45) is 3.10. The van der Waals surface area contributed by atoms with Crippen molar-refractivity contribution in [3.8, 4) is 0 Å². The second-order valence-corrected chi connectivity index (χ2v) is 7.58. The van der Waals surface area contributed by atoms with E-state index in [1.54, 1.807) is 12.1 Å². The largest absolute Gasteiger partial charge is 0.324 e. The molecule has 0 heterocycles. The Morgan fingerprint density at radius 3 is 2.42 bits per heavy atom. The summed E-state index contributed by atoms with van der Waals surface area (Å²) >= 11 is 0. The van der Waals surface area contributed by atoms with Crippen LogP contribution in [0.25, 0.3) is 0 Å². The van der Waals surface area contributed by atoms with Crippen molar-refractivity contribution in [2.75, 3.05) is 16.9 Å². The Bertz CT molecular complexity index is 701. The van der Waals surface area contributed by atoms with E-state index < -0.39 is 22.0 Å². The van der Waals surface area contributed by atoms with Gasteiger partial charge in [-0.15, -0.1) is 0 Å². The van der Waals surface area contributed by atoms with E-state index in [4.69, 9.17) is 0 Å². The van der Waals surface area contributed by atoms with Gasteiger partial charge in [0.2, 0.25) is 21.8 Å². The Balaban J connectivity index is 2.88. The van der Waals surface area contributed by atoms with Gasteiger partial charge in [-0.05, 0) is 38.0 Å². The number of hydrogen-bond acceptors (Lipinski definition) is 4. The molecular weight excluding hydrogens is 330 g/mol. The standard InChI is InChI=1S/C16H25N3O4S/c1-5-6-7-15(20)17-13-9-8-11(2)10-14(13)18-16(21)12(3)19-24(4,22)23/h8-10,12,19H,5-7H2,1-4H3,(H,17,20)(H,18,21)/t12-/m0/s1. The zero-order chi connectivity index (χ0) is 18.3. The van der Waals surface area contributed by atoms with E-state index in [-0.39, 0.29) is 5.91 Å². The molecule has 0 aliphatic rings. The Morgan fingerprint density at radius 1 is 1.17 bits per heavy atom. The Hall–Kier alpha value is -1.93. The molecule has 0 bridgehead atoms. The minimum absolute atomic E-state index is 0.126. The van der Waals surface area contributed by atoms with Crippen molar-refractivity contribution in [1.29, 1.82) is 0 Å². The summed E-state index contributed by atoms with van der Waals surface area (Å²) in [4.78, 5) is 24.1. The molecule has 7 nitrogen and oxygen atoms in total. The first kappa shape index (κ1) is 20.1. The molecule has 0 fully saturated rings. The van der Waals surface area contributed by atoms with Crippen LogP contribution < -0.4 is 15.4 Å². The van der Waals surface area contributed by atoms with Crippen LogP contribution in [0.3, 0.4) is 0 Å². The van der Waals surface area contributed by atoms with Gasteiger partial charge in [0.1, 0.15) is 0 Å². The lowest BCUT2D eigenvalue weighted by molar-refractivity contribution is -0.117. The Morgan fingerprint density at radius 2 is 1.83 bits per heavy atom. The number of nitrogens with one attached hydrogen (secondary N) is 3. The van der Waals surface area contributed by atoms with Crippen LogP contribution in [-0.2, 0) is 19.6 Å². The molecule has 1 rings (SSSR count).